The van der Waals surface area contributed by atoms with Crippen molar-refractivity contribution in [3.63, 3.8) is 0 Å². The highest BCUT2D eigenvalue weighted by Crippen LogP contribution is 2.21. The van der Waals surface area contributed by atoms with E-state index in [1.807, 2.05) is 13.0 Å². The van der Waals surface area contributed by atoms with Gasteiger partial charge in [0, 0.05) is 4.47 Å². The lowest BCUT2D eigenvalue weighted by molar-refractivity contribution is -0.139. The second-order valence-corrected chi connectivity index (χ2v) is 6.40. The zero-order valence-electron chi connectivity index (χ0n) is 11.9. The van der Waals surface area contributed by atoms with E-state index in [1.165, 1.54) is 0 Å². The highest BCUT2D eigenvalue weighted by molar-refractivity contribution is 9.10. The number of nitrogens with one attached hydrogen (secondary N) is 1. The molecule has 2 N–H and O–H groups in total. The topological polar surface area (TPSA) is 75.6 Å². The van der Waals surface area contributed by atoms with Crippen LogP contribution in [0.2, 0.25) is 0 Å². The van der Waals surface area contributed by atoms with Crippen LogP contribution >= 0.6 is 15.9 Å². The standard InChI is InChI=1S/C14H18BrNO4/c1-8-5-9(7-10(15)6-8)11(12(17)18)16-13(19)20-14(2,3)4/h5-7,11H,1-4H3,(H,16,19)(H,17,18). The van der Waals surface area contributed by atoms with Crippen LogP contribution in [0.15, 0.2) is 22.7 Å². The Morgan fingerprint density at radius 1 is 1.30 bits per heavy atom. The zero-order chi connectivity index (χ0) is 15.5. The van der Waals surface area contributed by atoms with Gasteiger partial charge in [0.1, 0.15) is 5.60 Å². The van der Waals surface area contributed by atoms with E-state index in [1.54, 1.807) is 32.9 Å². The van der Waals surface area contributed by atoms with E-state index in [4.69, 9.17) is 4.74 Å². The number of carboxylic acids is 1. The lowest BCUT2D eigenvalue weighted by Crippen LogP contribution is -2.38. The normalized spacial score (nSPS) is 12.7. The van der Waals surface area contributed by atoms with Gasteiger partial charge < -0.3 is 15.2 Å². The number of ether oxygens (including phenoxy) is 1. The quantitative estimate of drug-likeness (QED) is 0.881. The molecule has 0 radical (unpaired) electrons. The van der Waals surface area contributed by atoms with E-state index >= 15 is 0 Å². The smallest absolute Gasteiger partial charge is 0.408 e. The third-order valence-electron chi connectivity index (χ3n) is 2.31. The number of aryl methyl sites for hydroxylation is 1. The van der Waals surface area contributed by atoms with Crippen LogP contribution in [0.1, 0.15) is 37.9 Å². The average molecular weight is 344 g/mol. The van der Waals surface area contributed by atoms with Gasteiger partial charge >= 0.3 is 12.1 Å². The molecule has 6 heteroatoms. The van der Waals surface area contributed by atoms with Crippen LogP contribution in [-0.4, -0.2) is 22.8 Å². The largest absolute Gasteiger partial charge is 0.479 e. The van der Waals surface area contributed by atoms with Crippen LogP contribution in [0.4, 0.5) is 4.79 Å². The van der Waals surface area contributed by atoms with E-state index in [9.17, 15) is 14.7 Å². The van der Waals surface area contributed by atoms with Crippen LogP contribution in [-0.2, 0) is 9.53 Å². The van der Waals surface area contributed by atoms with Gasteiger partial charge in [0.2, 0.25) is 0 Å². The fraction of sp³-hybridized carbons (Fsp3) is 0.429. The molecule has 0 aromatic heterocycles. The molecule has 1 aromatic carbocycles. The van der Waals surface area contributed by atoms with Crippen LogP contribution in [0.25, 0.3) is 0 Å². The molecular formula is C14H18BrNO4. The number of benzene rings is 1. The molecule has 1 amide bonds. The van der Waals surface area contributed by atoms with Crippen LogP contribution in [0, 0.1) is 6.92 Å². The van der Waals surface area contributed by atoms with Crippen LogP contribution in [0.5, 0.6) is 0 Å². The summed E-state index contributed by atoms with van der Waals surface area (Å²) in [4.78, 5) is 23.0. The number of alkyl carbamates (subject to hydrolysis) is 1. The Morgan fingerprint density at radius 2 is 1.90 bits per heavy atom. The Kier molecular flexibility index (Phi) is 5.16. The van der Waals surface area contributed by atoms with E-state index in [2.05, 4.69) is 21.2 Å². The van der Waals surface area contributed by atoms with Crippen molar-refractivity contribution in [2.75, 3.05) is 0 Å². The molecule has 0 aliphatic heterocycles. The Labute approximate surface area is 126 Å². The first-order valence-electron chi connectivity index (χ1n) is 6.08. The van der Waals surface area contributed by atoms with Gasteiger partial charge in [-0.3, -0.25) is 0 Å². The summed E-state index contributed by atoms with van der Waals surface area (Å²) in [6.45, 7) is 6.99. The number of hydrogen-bond acceptors (Lipinski definition) is 3. The molecule has 0 aliphatic rings. The molecule has 110 valence electrons. The molecular weight excluding hydrogens is 326 g/mol. The summed E-state index contributed by atoms with van der Waals surface area (Å²) in [6.07, 6.45) is -0.762. The molecule has 1 rings (SSSR count). The molecule has 5 nitrogen and oxygen atoms in total. The summed E-state index contributed by atoms with van der Waals surface area (Å²) in [6, 6.07) is 4.07. The molecule has 0 bridgehead atoms. The summed E-state index contributed by atoms with van der Waals surface area (Å²) in [5.41, 5.74) is 0.696. The monoisotopic (exact) mass is 343 g/mol. The van der Waals surface area contributed by atoms with Gasteiger partial charge in [-0.15, -0.1) is 0 Å². The van der Waals surface area contributed by atoms with Crippen molar-refractivity contribution in [1.29, 1.82) is 0 Å². The Bertz CT molecular complexity index is 502. The Hall–Kier alpha value is -1.56. The molecule has 1 unspecified atom stereocenters. The van der Waals surface area contributed by atoms with Gasteiger partial charge in [0.25, 0.3) is 0 Å². The number of halogens is 1. The van der Waals surface area contributed by atoms with E-state index in [0.29, 0.717) is 5.56 Å². The van der Waals surface area contributed by atoms with E-state index in [-0.39, 0.29) is 0 Å². The van der Waals surface area contributed by atoms with Gasteiger partial charge in [-0.2, -0.15) is 0 Å². The number of carboxylic acid groups (broad SMARTS) is 1. The summed E-state index contributed by atoms with van der Waals surface area (Å²) >= 11 is 3.31. The van der Waals surface area contributed by atoms with Gasteiger partial charge in [-0.1, -0.05) is 22.0 Å². The summed E-state index contributed by atoms with van der Waals surface area (Å²) < 4.78 is 5.83. The van der Waals surface area contributed by atoms with Crippen molar-refractivity contribution in [3.05, 3.63) is 33.8 Å². The second-order valence-electron chi connectivity index (χ2n) is 5.48. The van der Waals surface area contributed by atoms with Gasteiger partial charge in [-0.25, -0.2) is 9.59 Å². The van der Waals surface area contributed by atoms with Crippen molar-refractivity contribution < 1.29 is 19.4 Å². The van der Waals surface area contributed by atoms with Crippen molar-refractivity contribution in [2.45, 2.75) is 39.3 Å². The zero-order valence-corrected chi connectivity index (χ0v) is 13.4. The maximum absolute atomic E-state index is 11.7. The Balaban J connectivity index is 2.95. The fourth-order valence-corrected chi connectivity index (χ4v) is 2.27. The molecule has 0 saturated carbocycles. The number of amides is 1. The molecule has 0 heterocycles. The molecule has 1 aromatic rings. The summed E-state index contributed by atoms with van der Waals surface area (Å²) in [5, 5.41) is 11.6. The maximum Gasteiger partial charge on any atom is 0.408 e. The van der Waals surface area contributed by atoms with Gasteiger partial charge in [0.15, 0.2) is 6.04 Å². The predicted octanol–water partition coefficient (Wildman–Crippen LogP) is 3.41. The molecule has 0 fully saturated rings. The number of hydrogen-bond donors (Lipinski definition) is 2. The van der Waals surface area contributed by atoms with Crippen molar-refractivity contribution in [3.8, 4) is 0 Å². The summed E-state index contributed by atoms with van der Waals surface area (Å²) in [7, 11) is 0. The van der Waals surface area contributed by atoms with E-state index < -0.39 is 23.7 Å². The van der Waals surface area contributed by atoms with Gasteiger partial charge in [-0.05, 0) is 51.0 Å². The highest BCUT2D eigenvalue weighted by Gasteiger charge is 2.25. The summed E-state index contributed by atoms with van der Waals surface area (Å²) in [5.74, 6) is -1.15. The SMILES string of the molecule is Cc1cc(Br)cc(C(NC(=O)OC(C)(C)C)C(=O)O)c1. The number of carbonyl (C=O) groups is 2. The first-order valence-corrected chi connectivity index (χ1v) is 6.87. The van der Waals surface area contributed by atoms with Crippen LogP contribution < -0.4 is 5.32 Å². The molecule has 1 atom stereocenters. The molecule has 0 spiro atoms. The minimum atomic E-state index is -1.15. The third kappa shape index (κ3) is 5.21. The van der Waals surface area contributed by atoms with Crippen molar-refractivity contribution >= 4 is 28.0 Å². The first-order chi connectivity index (χ1) is 9.08. The number of aliphatic carboxylic acids is 1. The third-order valence-corrected chi connectivity index (χ3v) is 2.76. The molecule has 0 saturated heterocycles. The fourth-order valence-electron chi connectivity index (χ4n) is 1.64. The molecule has 0 aliphatic carbocycles. The second kappa shape index (κ2) is 6.26. The minimum Gasteiger partial charge on any atom is -0.479 e. The van der Waals surface area contributed by atoms with Crippen molar-refractivity contribution in [1.82, 2.24) is 5.32 Å². The van der Waals surface area contributed by atoms with Crippen molar-refractivity contribution in [2.24, 2.45) is 0 Å². The minimum absolute atomic E-state index is 0.482. The maximum atomic E-state index is 11.7. The average Bonchev–Trinajstić information content (AvgIpc) is 2.21. The number of rotatable bonds is 3. The van der Waals surface area contributed by atoms with Gasteiger partial charge in [0.05, 0.1) is 0 Å². The first kappa shape index (κ1) is 16.5. The predicted molar refractivity (Wildman–Crippen MR) is 78.6 cm³/mol. The Morgan fingerprint density at radius 3 is 2.35 bits per heavy atom. The lowest BCUT2D eigenvalue weighted by Gasteiger charge is -2.22. The van der Waals surface area contributed by atoms with Crippen LogP contribution in [0.3, 0.4) is 0 Å². The lowest BCUT2D eigenvalue weighted by atomic mass is 10.0. The highest BCUT2D eigenvalue weighted by atomic mass is 79.9. The van der Waals surface area contributed by atoms with E-state index in [0.717, 1.165) is 10.0 Å². The number of carbonyl (C=O) groups excluding carboxylic acids is 1. The molecule has 20 heavy (non-hydrogen) atoms.